The van der Waals surface area contributed by atoms with Gasteiger partial charge in [-0.05, 0) is 73.5 Å². The number of benzene rings is 2. The minimum Gasteiger partial charge on any atom is -0.324 e. The van der Waals surface area contributed by atoms with Crippen molar-refractivity contribution in [2.45, 2.75) is 18.7 Å². The number of aromatic nitrogens is 3. The van der Waals surface area contributed by atoms with E-state index in [1.54, 1.807) is 30.7 Å². The summed E-state index contributed by atoms with van der Waals surface area (Å²) in [7, 11) is -3.32. The van der Waals surface area contributed by atoms with Gasteiger partial charge in [0, 0.05) is 47.3 Å². The molecule has 0 radical (unpaired) electrons. The molecular formula is C25H23N5O3S. The predicted molar refractivity (Wildman–Crippen MR) is 132 cm³/mol. The van der Waals surface area contributed by atoms with E-state index in [4.69, 9.17) is 0 Å². The normalized spacial score (nSPS) is 11.1. The topological polar surface area (TPSA) is 114 Å². The van der Waals surface area contributed by atoms with Crippen LogP contribution in [0.15, 0.2) is 78.1 Å². The fourth-order valence-electron chi connectivity index (χ4n) is 3.29. The number of sulfone groups is 1. The molecular weight excluding hydrogens is 450 g/mol. The molecule has 0 saturated heterocycles. The molecule has 8 nitrogen and oxygen atoms in total. The summed E-state index contributed by atoms with van der Waals surface area (Å²) in [6.45, 7) is 3.91. The zero-order valence-corrected chi connectivity index (χ0v) is 19.7. The quantitative estimate of drug-likeness (QED) is 0.422. The van der Waals surface area contributed by atoms with Crippen LogP contribution in [0.1, 0.15) is 21.5 Å². The zero-order chi connectivity index (χ0) is 24.3. The maximum atomic E-state index is 12.6. The molecule has 0 aliphatic rings. The van der Waals surface area contributed by atoms with Gasteiger partial charge in [0.25, 0.3) is 5.91 Å². The summed E-state index contributed by atoms with van der Waals surface area (Å²) in [4.78, 5) is 25.9. The first-order chi connectivity index (χ1) is 16.2. The molecule has 172 valence electrons. The van der Waals surface area contributed by atoms with Gasteiger partial charge < -0.3 is 10.6 Å². The average Bonchev–Trinajstić information content (AvgIpc) is 2.81. The summed E-state index contributed by atoms with van der Waals surface area (Å²) in [6, 6.07) is 15.1. The molecule has 2 heterocycles. The number of hydrogen-bond donors (Lipinski definition) is 2. The van der Waals surface area contributed by atoms with E-state index < -0.39 is 9.84 Å². The van der Waals surface area contributed by atoms with Gasteiger partial charge in [0.2, 0.25) is 5.95 Å². The monoisotopic (exact) mass is 473 g/mol. The van der Waals surface area contributed by atoms with E-state index in [-0.39, 0.29) is 10.8 Å². The van der Waals surface area contributed by atoms with Crippen LogP contribution in [-0.4, -0.2) is 35.5 Å². The largest absolute Gasteiger partial charge is 0.324 e. The minimum atomic E-state index is -3.32. The average molecular weight is 474 g/mol. The molecule has 34 heavy (non-hydrogen) atoms. The van der Waals surface area contributed by atoms with Gasteiger partial charge in [0.15, 0.2) is 9.84 Å². The number of rotatable bonds is 6. The molecule has 1 amide bonds. The van der Waals surface area contributed by atoms with Crippen LogP contribution in [0.2, 0.25) is 0 Å². The number of amides is 1. The molecule has 0 fully saturated rings. The van der Waals surface area contributed by atoms with Gasteiger partial charge >= 0.3 is 0 Å². The van der Waals surface area contributed by atoms with E-state index in [9.17, 15) is 13.2 Å². The number of pyridine rings is 1. The second kappa shape index (κ2) is 9.40. The summed E-state index contributed by atoms with van der Waals surface area (Å²) in [5.41, 5.74) is 5.29. The van der Waals surface area contributed by atoms with Gasteiger partial charge in [-0.25, -0.2) is 18.4 Å². The molecule has 0 bridgehead atoms. The molecule has 0 aliphatic heterocycles. The Morgan fingerprint density at radius 2 is 1.71 bits per heavy atom. The molecule has 0 spiro atoms. The fraction of sp³-hybridized carbons (Fsp3) is 0.120. The van der Waals surface area contributed by atoms with Crippen LogP contribution in [-0.2, 0) is 9.84 Å². The molecule has 0 unspecified atom stereocenters. The third-order valence-corrected chi connectivity index (χ3v) is 6.24. The van der Waals surface area contributed by atoms with Crippen molar-refractivity contribution < 1.29 is 13.2 Å². The highest BCUT2D eigenvalue weighted by Crippen LogP contribution is 2.25. The number of nitrogens with zero attached hydrogens (tertiary/aromatic N) is 3. The zero-order valence-electron chi connectivity index (χ0n) is 18.9. The van der Waals surface area contributed by atoms with Crippen LogP contribution >= 0.6 is 0 Å². The van der Waals surface area contributed by atoms with Gasteiger partial charge in [-0.2, -0.15) is 0 Å². The Hall–Kier alpha value is -4.11. The molecule has 0 atom stereocenters. The van der Waals surface area contributed by atoms with E-state index in [0.717, 1.165) is 34.3 Å². The number of carbonyl (C=O) groups excluding carboxylic acids is 1. The summed E-state index contributed by atoms with van der Waals surface area (Å²) in [5, 5.41) is 6.05. The molecule has 2 aromatic carbocycles. The Bertz CT molecular complexity index is 1470. The maximum absolute atomic E-state index is 12.6. The Balaban J connectivity index is 1.53. The number of anilines is 3. The van der Waals surface area contributed by atoms with E-state index >= 15 is 0 Å². The number of aryl methyl sites for hydroxylation is 2. The highest BCUT2D eigenvalue weighted by molar-refractivity contribution is 7.90. The molecule has 2 aromatic heterocycles. The third kappa shape index (κ3) is 5.44. The lowest BCUT2D eigenvalue weighted by molar-refractivity contribution is 0.102. The summed E-state index contributed by atoms with van der Waals surface area (Å²) in [6.07, 6.45) is 6.34. The van der Waals surface area contributed by atoms with Crippen molar-refractivity contribution in [1.29, 1.82) is 0 Å². The van der Waals surface area contributed by atoms with Crippen molar-refractivity contribution in [2.24, 2.45) is 0 Å². The van der Waals surface area contributed by atoms with Crippen molar-refractivity contribution in [3.05, 3.63) is 89.9 Å². The summed E-state index contributed by atoms with van der Waals surface area (Å²) < 4.78 is 23.2. The first-order valence-corrected chi connectivity index (χ1v) is 12.3. The Labute approximate surface area is 198 Å². The van der Waals surface area contributed by atoms with E-state index in [2.05, 4.69) is 25.6 Å². The molecule has 2 N–H and O–H groups in total. The standard InChI is InChI=1S/C25H23N5O3S/c1-16-12-19(15-26-14-16)22-10-11-27-25(29-22)30-23-13-20(7-4-17(23)2)28-24(31)18-5-8-21(9-6-18)34(3,32)33/h4-15H,1-3H3,(H,28,31)(H,27,29,30). The SMILES string of the molecule is Cc1cncc(-c2ccnc(Nc3cc(NC(=O)c4ccc(S(C)(=O)=O)cc4)ccc3C)n2)c1. The Morgan fingerprint density at radius 1 is 0.941 bits per heavy atom. The van der Waals surface area contributed by atoms with Crippen molar-refractivity contribution in [3.63, 3.8) is 0 Å². The lowest BCUT2D eigenvalue weighted by Crippen LogP contribution is -2.12. The maximum Gasteiger partial charge on any atom is 0.255 e. The number of hydrogen-bond acceptors (Lipinski definition) is 7. The van der Waals surface area contributed by atoms with Crippen LogP contribution in [0, 0.1) is 13.8 Å². The molecule has 9 heteroatoms. The Kier molecular flexibility index (Phi) is 6.38. The Morgan fingerprint density at radius 3 is 2.41 bits per heavy atom. The first kappa shape index (κ1) is 23.1. The van der Waals surface area contributed by atoms with Crippen LogP contribution in [0.4, 0.5) is 17.3 Å². The van der Waals surface area contributed by atoms with E-state index in [0.29, 0.717) is 17.2 Å². The number of nitrogens with one attached hydrogen (secondary N) is 2. The second-order valence-corrected chi connectivity index (χ2v) is 9.94. The third-order valence-electron chi connectivity index (χ3n) is 5.11. The lowest BCUT2D eigenvalue weighted by atomic mass is 10.1. The smallest absolute Gasteiger partial charge is 0.255 e. The lowest BCUT2D eigenvalue weighted by Gasteiger charge is -2.12. The fourth-order valence-corrected chi connectivity index (χ4v) is 3.92. The predicted octanol–water partition coefficient (Wildman–Crippen LogP) is 4.55. The van der Waals surface area contributed by atoms with Crippen molar-refractivity contribution in [2.75, 3.05) is 16.9 Å². The molecule has 4 rings (SSSR count). The van der Waals surface area contributed by atoms with Crippen molar-refractivity contribution in [3.8, 4) is 11.3 Å². The minimum absolute atomic E-state index is 0.162. The van der Waals surface area contributed by atoms with Crippen LogP contribution in [0.3, 0.4) is 0 Å². The van der Waals surface area contributed by atoms with Gasteiger partial charge in [-0.3, -0.25) is 9.78 Å². The van der Waals surface area contributed by atoms with Crippen LogP contribution < -0.4 is 10.6 Å². The van der Waals surface area contributed by atoms with Gasteiger partial charge in [0.1, 0.15) is 0 Å². The highest BCUT2D eigenvalue weighted by atomic mass is 32.2. The van der Waals surface area contributed by atoms with Gasteiger partial charge in [0.05, 0.1) is 10.6 Å². The first-order valence-electron chi connectivity index (χ1n) is 10.4. The van der Waals surface area contributed by atoms with Crippen LogP contribution in [0.25, 0.3) is 11.3 Å². The van der Waals surface area contributed by atoms with Crippen molar-refractivity contribution in [1.82, 2.24) is 15.0 Å². The van der Waals surface area contributed by atoms with E-state index in [1.807, 2.05) is 32.0 Å². The summed E-state index contributed by atoms with van der Waals surface area (Å²) >= 11 is 0. The second-order valence-electron chi connectivity index (χ2n) is 7.92. The molecule has 0 aliphatic carbocycles. The summed E-state index contributed by atoms with van der Waals surface area (Å²) in [5.74, 6) is 0.0713. The van der Waals surface area contributed by atoms with Crippen molar-refractivity contribution >= 4 is 33.1 Å². The van der Waals surface area contributed by atoms with Crippen LogP contribution in [0.5, 0.6) is 0 Å². The molecule has 0 saturated carbocycles. The molecule has 4 aromatic rings. The number of carbonyl (C=O) groups is 1. The highest BCUT2D eigenvalue weighted by Gasteiger charge is 2.12. The van der Waals surface area contributed by atoms with Gasteiger partial charge in [-0.15, -0.1) is 0 Å². The van der Waals surface area contributed by atoms with Gasteiger partial charge in [-0.1, -0.05) is 6.07 Å². The van der Waals surface area contributed by atoms with E-state index in [1.165, 1.54) is 24.3 Å².